The highest BCUT2D eigenvalue weighted by Crippen LogP contribution is 2.45. The summed E-state index contributed by atoms with van der Waals surface area (Å²) < 4.78 is 24.4. The van der Waals surface area contributed by atoms with Crippen LogP contribution in [0.5, 0.6) is 11.5 Å². The Hall–Kier alpha value is -3.39. The number of likely N-dealkylation sites (tertiary alicyclic amines) is 1. The first-order valence-electron chi connectivity index (χ1n) is 10.8. The molecule has 0 bridgehead atoms. The average molecular weight is 457 g/mol. The second kappa shape index (κ2) is 10.5. The fraction of sp³-hybridized carbons (Fsp3) is 0.360. The maximum Gasteiger partial charge on any atom is 0.295 e. The Morgan fingerprint density at radius 3 is 2.30 bits per heavy atom. The van der Waals surface area contributed by atoms with E-state index in [0.29, 0.717) is 23.6 Å². The molecule has 33 heavy (non-hydrogen) atoms. The summed E-state index contributed by atoms with van der Waals surface area (Å²) in [6.45, 7) is 6.46. The number of benzene rings is 2. The van der Waals surface area contributed by atoms with E-state index < -0.39 is 23.5 Å². The number of aliphatic hydroxyl groups is 1. The highest BCUT2D eigenvalue weighted by Gasteiger charge is 2.47. The maximum atomic E-state index is 13.4. The second-order valence-electron chi connectivity index (χ2n) is 7.61. The summed E-state index contributed by atoms with van der Waals surface area (Å²) in [5.74, 6) is -1.55. The molecule has 2 aromatic carbocycles. The predicted octanol–water partition coefficient (Wildman–Crippen LogP) is 3.61. The van der Waals surface area contributed by atoms with Gasteiger partial charge in [0.15, 0.2) is 11.5 Å². The summed E-state index contributed by atoms with van der Waals surface area (Å²) in [7, 11) is 2.97. The van der Waals surface area contributed by atoms with E-state index in [4.69, 9.17) is 9.47 Å². The molecule has 1 unspecified atom stereocenters. The van der Waals surface area contributed by atoms with Gasteiger partial charge in [0, 0.05) is 24.2 Å². The van der Waals surface area contributed by atoms with Gasteiger partial charge in [-0.25, -0.2) is 4.39 Å². The quantitative estimate of drug-likeness (QED) is 0.353. The molecule has 7 nitrogen and oxygen atoms in total. The summed E-state index contributed by atoms with van der Waals surface area (Å²) in [5, 5.41) is 11.1. The van der Waals surface area contributed by atoms with Crippen LogP contribution in [0.15, 0.2) is 48.0 Å². The molecule has 0 aromatic heterocycles. The number of hydrogen-bond donors (Lipinski definition) is 1. The molecule has 1 heterocycles. The van der Waals surface area contributed by atoms with Crippen LogP contribution in [0.2, 0.25) is 0 Å². The molecule has 8 heteroatoms. The fourth-order valence-electron chi connectivity index (χ4n) is 4.11. The Morgan fingerprint density at radius 1 is 1.06 bits per heavy atom. The maximum absolute atomic E-state index is 13.4. The zero-order chi connectivity index (χ0) is 24.1. The van der Waals surface area contributed by atoms with Crippen molar-refractivity contribution in [3.63, 3.8) is 0 Å². The first kappa shape index (κ1) is 24.3. The first-order chi connectivity index (χ1) is 15.9. The molecule has 1 aliphatic rings. The van der Waals surface area contributed by atoms with E-state index in [2.05, 4.69) is 4.90 Å². The minimum Gasteiger partial charge on any atom is -0.507 e. The molecule has 1 atom stereocenters. The van der Waals surface area contributed by atoms with Crippen molar-refractivity contribution in [2.75, 3.05) is 40.4 Å². The molecular formula is C25H29FN2O5. The largest absolute Gasteiger partial charge is 0.507 e. The smallest absolute Gasteiger partial charge is 0.295 e. The van der Waals surface area contributed by atoms with Crippen molar-refractivity contribution in [3.05, 3.63) is 65.0 Å². The Kier molecular flexibility index (Phi) is 7.71. The lowest BCUT2D eigenvalue weighted by atomic mass is 9.94. The van der Waals surface area contributed by atoms with Gasteiger partial charge < -0.3 is 24.4 Å². The van der Waals surface area contributed by atoms with Crippen LogP contribution < -0.4 is 9.47 Å². The monoisotopic (exact) mass is 456 g/mol. The number of rotatable bonds is 9. The predicted molar refractivity (Wildman–Crippen MR) is 123 cm³/mol. The van der Waals surface area contributed by atoms with Crippen molar-refractivity contribution < 1.29 is 28.6 Å². The van der Waals surface area contributed by atoms with E-state index in [-0.39, 0.29) is 23.4 Å². The van der Waals surface area contributed by atoms with Gasteiger partial charge in [-0.3, -0.25) is 9.59 Å². The van der Waals surface area contributed by atoms with Crippen LogP contribution >= 0.6 is 0 Å². The number of ether oxygens (including phenoxy) is 2. The molecule has 1 saturated heterocycles. The van der Waals surface area contributed by atoms with E-state index in [1.54, 1.807) is 18.2 Å². The summed E-state index contributed by atoms with van der Waals surface area (Å²) in [6.07, 6.45) is 0. The van der Waals surface area contributed by atoms with Crippen LogP contribution in [0.1, 0.15) is 31.0 Å². The molecule has 0 aliphatic carbocycles. The summed E-state index contributed by atoms with van der Waals surface area (Å²) >= 11 is 0. The van der Waals surface area contributed by atoms with Crippen LogP contribution in [0.4, 0.5) is 4.39 Å². The van der Waals surface area contributed by atoms with Gasteiger partial charge in [0.25, 0.3) is 11.7 Å². The standard InChI is InChI=1S/C25H29FN2O5/c1-5-27(6-2)14-15-28-21(18-8-7-9-19(32-3)24(18)33-4)20(23(30)25(28)31)22(29)16-10-12-17(26)13-11-16/h7-13,21,29H,5-6,14-15H2,1-4H3. The lowest BCUT2D eigenvalue weighted by Gasteiger charge is -2.29. The van der Waals surface area contributed by atoms with E-state index in [9.17, 15) is 19.1 Å². The van der Waals surface area contributed by atoms with Gasteiger partial charge in [0.2, 0.25) is 0 Å². The van der Waals surface area contributed by atoms with Crippen molar-refractivity contribution in [3.8, 4) is 11.5 Å². The van der Waals surface area contributed by atoms with E-state index >= 15 is 0 Å². The van der Waals surface area contributed by atoms with Gasteiger partial charge in [0.1, 0.15) is 11.6 Å². The highest BCUT2D eigenvalue weighted by molar-refractivity contribution is 6.46. The van der Waals surface area contributed by atoms with Crippen LogP contribution in [0.3, 0.4) is 0 Å². The first-order valence-corrected chi connectivity index (χ1v) is 10.8. The average Bonchev–Trinajstić information content (AvgIpc) is 3.08. The number of ketones is 1. The molecular weight excluding hydrogens is 427 g/mol. The molecule has 0 spiro atoms. The van der Waals surface area contributed by atoms with E-state index in [1.165, 1.54) is 43.4 Å². The molecule has 0 radical (unpaired) electrons. The van der Waals surface area contributed by atoms with Crippen molar-refractivity contribution in [2.45, 2.75) is 19.9 Å². The Balaban J connectivity index is 2.19. The van der Waals surface area contributed by atoms with Crippen molar-refractivity contribution in [2.24, 2.45) is 0 Å². The van der Waals surface area contributed by atoms with Gasteiger partial charge in [-0.15, -0.1) is 0 Å². The van der Waals surface area contributed by atoms with Gasteiger partial charge in [-0.1, -0.05) is 26.0 Å². The lowest BCUT2D eigenvalue weighted by Crippen LogP contribution is -2.38. The molecule has 0 saturated carbocycles. The number of aliphatic hydroxyl groups excluding tert-OH is 1. The number of halogens is 1. The van der Waals surface area contributed by atoms with E-state index in [1.807, 2.05) is 13.8 Å². The Labute approximate surface area is 193 Å². The zero-order valence-corrected chi connectivity index (χ0v) is 19.3. The molecule has 1 N–H and O–H groups in total. The summed E-state index contributed by atoms with van der Waals surface area (Å²) in [5.41, 5.74) is 0.682. The second-order valence-corrected chi connectivity index (χ2v) is 7.61. The van der Waals surface area contributed by atoms with Gasteiger partial charge >= 0.3 is 0 Å². The molecule has 1 aliphatic heterocycles. The summed E-state index contributed by atoms with van der Waals surface area (Å²) in [6, 6.07) is 9.40. The minimum absolute atomic E-state index is 0.0716. The number of likely N-dealkylation sites (N-methyl/N-ethyl adjacent to an activating group) is 1. The number of methoxy groups -OCH3 is 2. The zero-order valence-electron chi connectivity index (χ0n) is 19.3. The van der Waals surface area contributed by atoms with Crippen molar-refractivity contribution >= 4 is 17.4 Å². The SMILES string of the molecule is CCN(CC)CCN1C(=O)C(=O)C(=C(O)c2ccc(F)cc2)C1c1cccc(OC)c1OC. The topological polar surface area (TPSA) is 79.3 Å². The van der Waals surface area contributed by atoms with Gasteiger partial charge in [-0.2, -0.15) is 0 Å². The lowest BCUT2D eigenvalue weighted by molar-refractivity contribution is -0.140. The molecule has 1 amide bonds. The molecule has 176 valence electrons. The number of carbonyl (C=O) groups excluding carboxylic acids is 2. The third kappa shape index (κ3) is 4.71. The Morgan fingerprint density at radius 2 is 1.73 bits per heavy atom. The third-order valence-corrected chi connectivity index (χ3v) is 5.94. The third-order valence-electron chi connectivity index (χ3n) is 5.94. The van der Waals surface area contributed by atoms with Gasteiger partial charge in [-0.05, 0) is 43.4 Å². The number of hydrogen-bond acceptors (Lipinski definition) is 6. The molecule has 3 rings (SSSR count). The Bertz CT molecular complexity index is 1050. The molecule has 1 fully saturated rings. The molecule has 2 aromatic rings. The van der Waals surface area contributed by atoms with Gasteiger partial charge in [0.05, 0.1) is 25.8 Å². The highest BCUT2D eigenvalue weighted by atomic mass is 19.1. The number of nitrogens with zero attached hydrogens (tertiary/aromatic N) is 2. The fourth-order valence-corrected chi connectivity index (χ4v) is 4.11. The van der Waals surface area contributed by atoms with Crippen LogP contribution in [-0.2, 0) is 9.59 Å². The van der Waals surface area contributed by atoms with E-state index in [0.717, 1.165) is 13.1 Å². The number of amides is 1. The van der Waals surface area contributed by atoms with Crippen molar-refractivity contribution in [1.82, 2.24) is 9.80 Å². The minimum atomic E-state index is -0.893. The number of carbonyl (C=O) groups is 2. The number of para-hydroxylation sites is 1. The summed E-state index contributed by atoms with van der Waals surface area (Å²) in [4.78, 5) is 29.9. The van der Waals surface area contributed by atoms with Crippen molar-refractivity contribution in [1.29, 1.82) is 0 Å². The van der Waals surface area contributed by atoms with Crippen LogP contribution in [-0.4, -0.2) is 67.0 Å². The normalized spacial score (nSPS) is 17.6. The van der Waals surface area contributed by atoms with Crippen LogP contribution in [0, 0.1) is 5.82 Å². The van der Waals surface area contributed by atoms with Crippen LogP contribution in [0.25, 0.3) is 5.76 Å². The number of Topliss-reactive ketones (excluding diaryl/α,β-unsaturated/α-hetero) is 1.